The van der Waals surface area contributed by atoms with E-state index in [-0.39, 0.29) is 9.92 Å². The minimum Gasteiger partial charge on any atom is -0.207 e. The van der Waals surface area contributed by atoms with Crippen molar-refractivity contribution in [3.05, 3.63) is 27.7 Å². The summed E-state index contributed by atoms with van der Waals surface area (Å²) in [6.45, 7) is 6.92. The first-order valence-electron chi connectivity index (χ1n) is 5.03. The first kappa shape index (κ1) is 14.8. The second-order valence-electron chi connectivity index (χ2n) is 4.84. The lowest BCUT2D eigenvalue weighted by atomic mass is 10.1. The van der Waals surface area contributed by atoms with Crippen molar-refractivity contribution in [2.75, 3.05) is 0 Å². The number of hydrogen-bond donors (Lipinski definition) is 1. The Labute approximate surface area is 112 Å². The predicted molar refractivity (Wildman–Crippen MR) is 71.3 cm³/mol. The number of benzene rings is 1. The molecule has 6 heteroatoms. The molecular formula is C11H15Cl2NO2S. The van der Waals surface area contributed by atoms with E-state index in [0.717, 1.165) is 0 Å². The van der Waals surface area contributed by atoms with E-state index in [9.17, 15) is 8.42 Å². The molecule has 0 spiro atoms. The molecule has 0 atom stereocenters. The topological polar surface area (TPSA) is 46.2 Å². The molecule has 1 N–H and O–H groups in total. The number of nitrogens with one attached hydrogen (secondary N) is 1. The molecule has 1 aromatic carbocycles. The molecule has 0 aliphatic heterocycles. The summed E-state index contributed by atoms with van der Waals surface area (Å²) in [6.07, 6.45) is 0. The monoisotopic (exact) mass is 295 g/mol. The lowest BCUT2D eigenvalue weighted by Crippen LogP contribution is -2.40. The van der Waals surface area contributed by atoms with Gasteiger partial charge < -0.3 is 0 Å². The normalized spacial score (nSPS) is 12.8. The van der Waals surface area contributed by atoms with Crippen LogP contribution in [0.25, 0.3) is 0 Å². The standard InChI is InChI=1S/C11H15Cl2NO2S/c1-7-8(12)5-6-9(13)10(7)17(15,16)14-11(2,3)4/h5-6,14H,1-4H3. The summed E-state index contributed by atoms with van der Waals surface area (Å²) in [4.78, 5) is 0.0431. The van der Waals surface area contributed by atoms with Crippen molar-refractivity contribution in [3.63, 3.8) is 0 Å². The molecule has 0 amide bonds. The summed E-state index contributed by atoms with van der Waals surface area (Å²) < 4.78 is 26.9. The van der Waals surface area contributed by atoms with Crippen LogP contribution in [-0.2, 0) is 10.0 Å². The van der Waals surface area contributed by atoms with Gasteiger partial charge in [-0.1, -0.05) is 23.2 Å². The smallest absolute Gasteiger partial charge is 0.207 e. The van der Waals surface area contributed by atoms with Gasteiger partial charge in [-0.3, -0.25) is 0 Å². The van der Waals surface area contributed by atoms with Crippen molar-refractivity contribution in [1.29, 1.82) is 0 Å². The van der Waals surface area contributed by atoms with E-state index in [2.05, 4.69) is 4.72 Å². The van der Waals surface area contributed by atoms with Gasteiger partial charge in [-0.2, -0.15) is 0 Å². The van der Waals surface area contributed by atoms with E-state index in [1.807, 2.05) is 0 Å². The molecule has 0 unspecified atom stereocenters. The molecule has 0 aromatic heterocycles. The van der Waals surface area contributed by atoms with Crippen molar-refractivity contribution in [2.45, 2.75) is 38.1 Å². The largest absolute Gasteiger partial charge is 0.242 e. The molecule has 17 heavy (non-hydrogen) atoms. The average Bonchev–Trinajstić information content (AvgIpc) is 2.07. The lowest BCUT2D eigenvalue weighted by molar-refractivity contribution is 0.491. The van der Waals surface area contributed by atoms with Gasteiger partial charge in [0.1, 0.15) is 4.90 Å². The fourth-order valence-corrected chi connectivity index (χ4v) is 3.89. The van der Waals surface area contributed by atoms with Crippen molar-refractivity contribution < 1.29 is 8.42 Å². The molecule has 0 aliphatic carbocycles. The predicted octanol–water partition coefficient (Wildman–Crippen LogP) is 3.38. The van der Waals surface area contributed by atoms with Crippen molar-refractivity contribution >= 4 is 33.2 Å². The van der Waals surface area contributed by atoms with Gasteiger partial charge in [-0.25, -0.2) is 13.1 Å². The second-order valence-corrected chi connectivity index (χ2v) is 7.27. The molecule has 0 radical (unpaired) electrons. The van der Waals surface area contributed by atoms with Crippen LogP contribution in [0.4, 0.5) is 0 Å². The quantitative estimate of drug-likeness (QED) is 0.909. The van der Waals surface area contributed by atoms with Crippen molar-refractivity contribution in [2.24, 2.45) is 0 Å². The van der Waals surface area contributed by atoms with Crippen molar-refractivity contribution in [3.8, 4) is 0 Å². The zero-order valence-electron chi connectivity index (χ0n) is 10.1. The third kappa shape index (κ3) is 3.58. The number of hydrogen-bond acceptors (Lipinski definition) is 2. The van der Waals surface area contributed by atoms with Crippen LogP contribution >= 0.6 is 23.2 Å². The summed E-state index contributed by atoms with van der Waals surface area (Å²) >= 11 is 11.8. The highest BCUT2D eigenvalue weighted by Crippen LogP contribution is 2.30. The fraction of sp³-hybridized carbons (Fsp3) is 0.455. The van der Waals surface area contributed by atoms with Gasteiger partial charge in [0.05, 0.1) is 5.02 Å². The van der Waals surface area contributed by atoms with Crippen LogP contribution in [-0.4, -0.2) is 14.0 Å². The minimum absolute atomic E-state index is 0.0431. The first-order valence-corrected chi connectivity index (χ1v) is 7.27. The highest BCUT2D eigenvalue weighted by molar-refractivity contribution is 7.89. The van der Waals surface area contributed by atoms with Crippen LogP contribution in [0.2, 0.25) is 10.0 Å². The molecule has 1 aromatic rings. The molecular weight excluding hydrogens is 281 g/mol. The van der Waals surface area contributed by atoms with Crippen LogP contribution < -0.4 is 4.72 Å². The highest BCUT2D eigenvalue weighted by Gasteiger charge is 2.26. The van der Waals surface area contributed by atoms with E-state index < -0.39 is 15.6 Å². The van der Waals surface area contributed by atoms with Gasteiger partial charge in [0, 0.05) is 10.6 Å². The van der Waals surface area contributed by atoms with Gasteiger partial charge in [0.2, 0.25) is 10.0 Å². The summed E-state index contributed by atoms with van der Waals surface area (Å²) in [5.41, 5.74) is -0.118. The fourth-order valence-electron chi connectivity index (χ4n) is 1.42. The first-order chi connectivity index (χ1) is 7.54. The lowest BCUT2D eigenvalue weighted by Gasteiger charge is -2.21. The molecule has 0 heterocycles. The number of rotatable bonds is 2. The Balaban J connectivity index is 3.39. The Kier molecular flexibility index (Phi) is 4.14. The second kappa shape index (κ2) is 4.76. The molecule has 0 bridgehead atoms. The maximum absolute atomic E-state index is 12.2. The Morgan fingerprint density at radius 3 is 2.06 bits per heavy atom. The van der Waals surface area contributed by atoms with Crippen LogP contribution in [0.15, 0.2) is 17.0 Å². The Morgan fingerprint density at radius 2 is 1.59 bits per heavy atom. The molecule has 3 nitrogen and oxygen atoms in total. The van der Waals surface area contributed by atoms with E-state index in [1.165, 1.54) is 6.07 Å². The highest BCUT2D eigenvalue weighted by atomic mass is 35.5. The Morgan fingerprint density at radius 1 is 1.12 bits per heavy atom. The minimum atomic E-state index is -3.67. The average molecular weight is 296 g/mol. The maximum Gasteiger partial charge on any atom is 0.242 e. The number of halogens is 2. The molecule has 0 saturated carbocycles. The van der Waals surface area contributed by atoms with Crippen LogP contribution in [0.3, 0.4) is 0 Å². The summed E-state index contributed by atoms with van der Waals surface area (Å²) in [5, 5.41) is 0.548. The molecule has 0 fully saturated rings. The Hall–Kier alpha value is -0.290. The summed E-state index contributed by atoms with van der Waals surface area (Å²) in [5.74, 6) is 0. The maximum atomic E-state index is 12.2. The van der Waals surface area contributed by atoms with Crippen LogP contribution in [0, 0.1) is 6.92 Å². The van der Waals surface area contributed by atoms with E-state index in [4.69, 9.17) is 23.2 Å². The third-order valence-electron chi connectivity index (χ3n) is 2.00. The van der Waals surface area contributed by atoms with Gasteiger partial charge >= 0.3 is 0 Å². The zero-order chi connectivity index (χ0) is 13.4. The SMILES string of the molecule is Cc1c(Cl)ccc(Cl)c1S(=O)(=O)NC(C)(C)C. The van der Waals surface area contributed by atoms with Gasteiger partial charge in [-0.15, -0.1) is 0 Å². The molecule has 96 valence electrons. The summed E-state index contributed by atoms with van der Waals surface area (Å²) in [7, 11) is -3.67. The summed E-state index contributed by atoms with van der Waals surface area (Å²) in [6, 6.07) is 3.06. The van der Waals surface area contributed by atoms with Crippen LogP contribution in [0.5, 0.6) is 0 Å². The van der Waals surface area contributed by atoms with Gasteiger partial charge in [0.25, 0.3) is 0 Å². The van der Waals surface area contributed by atoms with Gasteiger partial charge in [0.15, 0.2) is 0 Å². The van der Waals surface area contributed by atoms with E-state index in [1.54, 1.807) is 33.8 Å². The van der Waals surface area contributed by atoms with E-state index in [0.29, 0.717) is 10.6 Å². The molecule has 0 aliphatic rings. The zero-order valence-corrected chi connectivity index (χ0v) is 12.5. The van der Waals surface area contributed by atoms with E-state index >= 15 is 0 Å². The van der Waals surface area contributed by atoms with Crippen LogP contribution in [0.1, 0.15) is 26.3 Å². The van der Waals surface area contributed by atoms with Crippen molar-refractivity contribution in [1.82, 2.24) is 4.72 Å². The molecule has 0 saturated heterocycles. The third-order valence-corrected chi connectivity index (χ3v) is 4.78. The van der Waals surface area contributed by atoms with Gasteiger partial charge in [-0.05, 0) is 45.4 Å². The molecule has 1 rings (SSSR count). The number of sulfonamides is 1. The Bertz CT molecular complexity index is 533.